The Bertz CT molecular complexity index is 275. The maximum atomic E-state index is 10.8. The van der Waals surface area contributed by atoms with Crippen molar-refractivity contribution in [2.75, 3.05) is 0 Å². The van der Waals surface area contributed by atoms with Crippen LogP contribution in [-0.4, -0.2) is 30.0 Å². The van der Waals surface area contributed by atoms with Gasteiger partial charge in [0.05, 0.1) is 0 Å². The van der Waals surface area contributed by atoms with Gasteiger partial charge in [0.15, 0.2) is 0 Å². The second-order valence-electron chi connectivity index (χ2n) is 2.87. The van der Waals surface area contributed by atoms with E-state index in [1.165, 1.54) is 0 Å². The van der Waals surface area contributed by atoms with E-state index in [9.17, 15) is 19.2 Å². The number of rotatable bonds is 4. The van der Waals surface area contributed by atoms with Gasteiger partial charge in [-0.1, -0.05) is 0 Å². The van der Waals surface area contributed by atoms with Crippen LogP contribution in [0.4, 0.5) is 0 Å². The minimum atomic E-state index is -2.81. The van der Waals surface area contributed by atoms with E-state index in [1.54, 1.807) is 0 Å². The van der Waals surface area contributed by atoms with E-state index >= 15 is 0 Å². The minimum absolute atomic E-state index is 0.950. The van der Waals surface area contributed by atoms with Gasteiger partial charge in [0, 0.05) is 27.7 Å². The molecule has 8 heteroatoms. The standard InChI is InChI=1S/C9H12O8/c1-5(10)14-9(15-6(2)11,16-7(3)12)17-8(4)13/h1-4H3. The van der Waals surface area contributed by atoms with Crippen LogP contribution in [0.15, 0.2) is 0 Å². The molecule has 0 amide bonds. The van der Waals surface area contributed by atoms with Crippen LogP contribution in [0.1, 0.15) is 27.7 Å². The average molecular weight is 248 g/mol. The van der Waals surface area contributed by atoms with Crippen LogP contribution in [0.5, 0.6) is 0 Å². The summed E-state index contributed by atoms with van der Waals surface area (Å²) in [4.78, 5) is 43.2. The van der Waals surface area contributed by atoms with Gasteiger partial charge in [-0.05, 0) is 0 Å². The molecule has 0 saturated carbocycles. The number of hydrogen-bond acceptors (Lipinski definition) is 8. The molecule has 17 heavy (non-hydrogen) atoms. The number of esters is 4. The van der Waals surface area contributed by atoms with Gasteiger partial charge in [0.2, 0.25) is 0 Å². The molecule has 0 aliphatic heterocycles. The molecule has 0 aliphatic rings. The lowest BCUT2D eigenvalue weighted by molar-refractivity contribution is -0.430. The highest BCUT2D eigenvalue weighted by molar-refractivity contribution is 5.72. The van der Waals surface area contributed by atoms with E-state index in [1.807, 2.05) is 0 Å². The maximum absolute atomic E-state index is 10.8. The van der Waals surface area contributed by atoms with E-state index in [0.29, 0.717) is 0 Å². The van der Waals surface area contributed by atoms with Crippen molar-refractivity contribution in [2.24, 2.45) is 0 Å². The Balaban J connectivity index is 5.16. The van der Waals surface area contributed by atoms with Gasteiger partial charge in [0.1, 0.15) is 0 Å². The molecule has 0 aromatic carbocycles. The van der Waals surface area contributed by atoms with Crippen molar-refractivity contribution in [1.29, 1.82) is 0 Å². The van der Waals surface area contributed by atoms with Gasteiger partial charge in [-0.25, -0.2) is 0 Å². The summed E-state index contributed by atoms with van der Waals surface area (Å²) in [5, 5.41) is 0. The predicted molar refractivity (Wildman–Crippen MR) is 49.8 cm³/mol. The molecule has 0 unspecified atom stereocenters. The van der Waals surface area contributed by atoms with Gasteiger partial charge in [-0.3, -0.25) is 19.2 Å². The molecule has 0 spiro atoms. The second-order valence-corrected chi connectivity index (χ2v) is 2.87. The lowest BCUT2D eigenvalue weighted by atomic mass is 10.7. The normalized spacial score (nSPS) is 10.1. The molecule has 96 valence electrons. The Morgan fingerprint density at radius 2 is 0.765 bits per heavy atom. The van der Waals surface area contributed by atoms with Crippen LogP contribution in [0.3, 0.4) is 0 Å². The zero-order chi connectivity index (χ0) is 13.6. The van der Waals surface area contributed by atoms with E-state index in [0.717, 1.165) is 27.7 Å². The molecule has 0 radical (unpaired) electrons. The summed E-state index contributed by atoms with van der Waals surface area (Å²) in [5.41, 5.74) is 0. The first kappa shape index (κ1) is 14.9. The number of carbonyl (C=O) groups is 4. The molecular formula is C9H12O8. The third-order valence-corrected chi connectivity index (χ3v) is 1.07. The summed E-state index contributed by atoms with van der Waals surface area (Å²) in [5.74, 6) is -3.91. The monoisotopic (exact) mass is 248 g/mol. The smallest absolute Gasteiger partial charge is 0.353 e. The fourth-order valence-electron chi connectivity index (χ4n) is 0.829. The lowest BCUT2D eigenvalue weighted by Gasteiger charge is -2.26. The third-order valence-electron chi connectivity index (χ3n) is 1.07. The number of ether oxygens (including phenoxy) is 4. The van der Waals surface area contributed by atoms with E-state index in [-0.39, 0.29) is 0 Å². The Labute approximate surface area is 96.8 Å². The van der Waals surface area contributed by atoms with Gasteiger partial charge in [-0.15, -0.1) is 0 Å². The highest BCUT2D eigenvalue weighted by atomic mass is 17.0. The van der Waals surface area contributed by atoms with Gasteiger partial charge in [-0.2, -0.15) is 0 Å². The molecule has 0 rings (SSSR count). The lowest BCUT2D eigenvalue weighted by Crippen LogP contribution is -2.46. The summed E-state index contributed by atoms with van der Waals surface area (Å²) < 4.78 is 17.6. The molecule has 0 heterocycles. The molecular weight excluding hydrogens is 236 g/mol. The fraction of sp³-hybridized carbons (Fsp3) is 0.556. The highest BCUT2D eigenvalue weighted by Crippen LogP contribution is 2.19. The first-order valence-corrected chi connectivity index (χ1v) is 4.45. The number of carbonyl (C=O) groups excluding carboxylic acids is 4. The Kier molecular flexibility index (Phi) is 5.10. The summed E-state index contributed by atoms with van der Waals surface area (Å²) in [7, 11) is 0. The maximum Gasteiger partial charge on any atom is 0.619 e. The van der Waals surface area contributed by atoms with Crippen molar-refractivity contribution in [1.82, 2.24) is 0 Å². The van der Waals surface area contributed by atoms with E-state index < -0.39 is 30.0 Å². The topological polar surface area (TPSA) is 105 Å². The average Bonchev–Trinajstić information content (AvgIpc) is 1.95. The highest BCUT2D eigenvalue weighted by Gasteiger charge is 2.47. The zero-order valence-corrected chi connectivity index (χ0v) is 9.77. The zero-order valence-electron chi connectivity index (χ0n) is 9.77. The van der Waals surface area contributed by atoms with Crippen LogP contribution < -0.4 is 0 Å². The predicted octanol–water partition coefficient (Wildman–Crippen LogP) is -0.150. The Morgan fingerprint density at radius 1 is 0.588 bits per heavy atom. The van der Waals surface area contributed by atoms with Crippen molar-refractivity contribution in [3.8, 4) is 0 Å². The summed E-state index contributed by atoms with van der Waals surface area (Å²) in [6, 6.07) is 0. The van der Waals surface area contributed by atoms with Gasteiger partial charge < -0.3 is 18.9 Å². The molecule has 0 fully saturated rings. The van der Waals surface area contributed by atoms with Crippen LogP contribution >= 0.6 is 0 Å². The van der Waals surface area contributed by atoms with Crippen LogP contribution in [0.25, 0.3) is 0 Å². The van der Waals surface area contributed by atoms with Crippen molar-refractivity contribution < 1.29 is 38.1 Å². The molecule has 0 saturated heterocycles. The Morgan fingerprint density at radius 3 is 0.882 bits per heavy atom. The molecule has 0 aromatic heterocycles. The SMILES string of the molecule is CC(=O)OC(OC(C)=O)(OC(C)=O)OC(C)=O. The quantitative estimate of drug-likeness (QED) is 0.499. The Hall–Kier alpha value is -2.12. The molecule has 0 atom stereocenters. The van der Waals surface area contributed by atoms with Crippen molar-refractivity contribution >= 4 is 23.9 Å². The summed E-state index contributed by atoms with van der Waals surface area (Å²) in [6.45, 7) is 3.80. The van der Waals surface area contributed by atoms with E-state index in [2.05, 4.69) is 18.9 Å². The van der Waals surface area contributed by atoms with Crippen molar-refractivity contribution in [3.05, 3.63) is 0 Å². The first-order chi connectivity index (χ1) is 7.67. The largest absolute Gasteiger partial charge is 0.619 e. The van der Waals surface area contributed by atoms with Gasteiger partial charge in [0.25, 0.3) is 0 Å². The van der Waals surface area contributed by atoms with Gasteiger partial charge >= 0.3 is 30.0 Å². The second kappa shape index (κ2) is 5.83. The molecule has 0 N–H and O–H groups in total. The van der Waals surface area contributed by atoms with Crippen molar-refractivity contribution in [2.45, 2.75) is 33.9 Å². The molecule has 0 bridgehead atoms. The number of hydrogen-bond donors (Lipinski definition) is 0. The fourth-order valence-corrected chi connectivity index (χ4v) is 0.829. The summed E-state index contributed by atoms with van der Waals surface area (Å²) in [6.07, 6.45) is -2.81. The minimum Gasteiger partial charge on any atom is -0.353 e. The molecule has 0 aromatic rings. The third kappa shape index (κ3) is 6.13. The first-order valence-electron chi connectivity index (χ1n) is 4.45. The van der Waals surface area contributed by atoms with E-state index in [4.69, 9.17) is 0 Å². The molecule has 8 nitrogen and oxygen atoms in total. The molecule has 0 aliphatic carbocycles. The van der Waals surface area contributed by atoms with Crippen molar-refractivity contribution in [3.63, 3.8) is 0 Å². The van der Waals surface area contributed by atoms with Crippen LogP contribution in [-0.2, 0) is 38.1 Å². The summed E-state index contributed by atoms with van der Waals surface area (Å²) >= 11 is 0. The van der Waals surface area contributed by atoms with Crippen LogP contribution in [0.2, 0.25) is 0 Å². The van der Waals surface area contributed by atoms with Crippen LogP contribution in [0, 0.1) is 0 Å².